The highest BCUT2D eigenvalue weighted by molar-refractivity contribution is 7.89. The predicted molar refractivity (Wildman–Crippen MR) is 106 cm³/mol. The van der Waals surface area contributed by atoms with Crippen LogP contribution in [0.2, 0.25) is 0 Å². The number of methoxy groups -OCH3 is 1. The number of ether oxygens (including phenoxy) is 2. The summed E-state index contributed by atoms with van der Waals surface area (Å²) in [5, 5.41) is 5.99. The molecule has 2 N–H and O–H groups in total. The number of nitrogens with zero attached hydrogens (tertiary/aromatic N) is 2. The number of hydrogen-bond donors (Lipinski definition) is 2. The van der Waals surface area contributed by atoms with E-state index >= 15 is 0 Å². The second kappa shape index (κ2) is 8.42. The maximum absolute atomic E-state index is 13.3. The number of benzene rings is 1. The molecule has 0 saturated carbocycles. The lowest BCUT2D eigenvalue weighted by atomic mass is 10.2. The number of carbonyl (C=O) groups is 1. The standard InChI is InChI=1S/C17H24N4O5S.ClH/c1-25-15-8-13-14(26-11-17(22)19-13)9-16(15)27(23,24)21-5-2-12(10-21)20-6-3-18-4-7-20;/h8-9,12,18H,2-7,10-11H2,1H3,(H,19,22);1H. The molecule has 3 heterocycles. The summed E-state index contributed by atoms with van der Waals surface area (Å²) < 4.78 is 38.7. The number of halogens is 1. The van der Waals surface area contributed by atoms with Gasteiger partial charge in [0.1, 0.15) is 16.4 Å². The van der Waals surface area contributed by atoms with Crippen LogP contribution in [0.5, 0.6) is 11.5 Å². The maximum atomic E-state index is 13.3. The molecule has 1 amide bonds. The van der Waals surface area contributed by atoms with Crippen LogP contribution in [0.3, 0.4) is 0 Å². The Morgan fingerprint density at radius 2 is 1.96 bits per heavy atom. The Balaban J connectivity index is 0.00000225. The Morgan fingerprint density at radius 1 is 1.21 bits per heavy atom. The largest absolute Gasteiger partial charge is 0.495 e. The van der Waals surface area contributed by atoms with Gasteiger partial charge < -0.3 is 20.1 Å². The minimum Gasteiger partial charge on any atom is -0.495 e. The van der Waals surface area contributed by atoms with Crippen LogP contribution >= 0.6 is 12.4 Å². The Morgan fingerprint density at radius 3 is 2.68 bits per heavy atom. The van der Waals surface area contributed by atoms with Crippen LogP contribution in [-0.2, 0) is 14.8 Å². The van der Waals surface area contributed by atoms with Crippen LogP contribution in [-0.4, -0.2) is 82.6 Å². The molecule has 1 unspecified atom stereocenters. The fourth-order valence-corrected chi connectivity index (χ4v) is 5.51. The van der Waals surface area contributed by atoms with Gasteiger partial charge >= 0.3 is 0 Å². The molecule has 1 aromatic rings. The van der Waals surface area contributed by atoms with Crippen LogP contribution in [0.15, 0.2) is 17.0 Å². The summed E-state index contributed by atoms with van der Waals surface area (Å²) in [6.07, 6.45) is 0.818. The van der Waals surface area contributed by atoms with Crippen molar-refractivity contribution in [3.8, 4) is 11.5 Å². The Hall–Kier alpha value is -1.59. The smallest absolute Gasteiger partial charge is 0.262 e. The highest BCUT2D eigenvalue weighted by Gasteiger charge is 2.37. The molecule has 2 fully saturated rings. The molecular weight excluding hydrogens is 408 g/mol. The van der Waals surface area contributed by atoms with Crippen LogP contribution in [0.25, 0.3) is 0 Å². The van der Waals surface area contributed by atoms with Gasteiger partial charge in [-0.3, -0.25) is 9.69 Å². The van der Waals surface area contributed by atoms with E-state index in [1.54, 1.807) is 0 Å². The van der Waals surface area contributed by atoms with Gasteiger partial charge in [0.15, 0.2) is 6.61 Å². The number of rotatable bonds is 4. The van der Waals surface area contributed by atoms with E-state index in [1.165, 1.54) is 23.5 Å². The van der Waals surface area contributed by atoms with Crippen molar-refractivity contribution in [2.45, 2.75) is 17.4 Å². The van der Waals surface area contributed by atoms with E-state index in [1.807, 2.05) is 0 Å². The molecule has 3 aliphatic heterocycles. The van der Waals surface area contributed by atoms with Gasteiger partial charge in [-0.2, -0.15) is 4.31 Å². The summed E-state index contributed by atoms with van der Waals surface area (Å²) in [4.78, 5) is 13.9. The monoisotopic (exact) mass is 432 g/mol. The molecule has 28 heavy (non-hydrogen) atoms. The zero-order valence-electron chi connectivity index (χ0n) is 15.6. The third-order valence-electron chi connectivity index (χ3n) is 5.31. The Kier molecular flexibility index (Phi) is 6.35. The highest BCUT2D eigenvalue weighted by atomic mass is 35.5. The van der Waals surface area contributed by atoms with E-state index in [-0.39, 0.29) is 41.6 Å². The molecule has 4 rings (SSSR count). The number of carbonyl (C=O) groups excluding carboxylic acids is 1. The van der Waals surface area contributed by atoms with Crippen molar-refractivity contribution >= 4 is 34.0 Å². The molecule has 1 aromatic carbocycles. The molecule has 0 aromatic heterocycles. The van der Waals surface area contributed by atoms with Crippen molar-refractivity contribution in [3.63, 3.8) is 0 Å². The molecule has 0 bridgehead atoms. The van der Waals surface area contributed by atoms with Gasteiger partial charge in [0.25, 0.3) is 5.91 Å². The zero-order valence-corrected chi connectivity index (χ0v) is 17.3. The topological polar surface area (TPSA) is 100 Å². The Labute approximate surface area is 170 Å². The molecule has 156 valence electrons. The number of sulfonamides is 1. The van der Waals surface area contributed by atoms with Gasteiger partial charge in [-0.25, -0.2) is 8.42 Å². The summed E-state index contributed by atoms with van der Waals surface area (Å²) >= 11 is 0. The fourth-order valence-electron chi connectivity index (χ4n) is 3.86. The SMILES string of the molecule is COc1cc2c(cc1S(=O)(=O)N1CCC(N3CCNCC3)C1)OCC(=O)N2.Cl. The van der Waals surface area contributed by atoms with E-state index in [9.17, 15) is 13.2 Å². The van der Waals surface area contributed by atoms with Crippen molar-refractivity contribution < 1.29 is 22.7 Å². The van der Waals surface area contributed by atoms with Crippen LogP contribution < -0.4 is 20.1 Å². The van der Waals surface area contributed by atoms with Crippen LogP contribution in [0.4, 0.5) is 5.69 Å². The number of nitrogens with one attached hydrogen (secondary N) is 2. The zero-order chi connectivity index (χ0) is 19.0. The van der Waals surface area contributed by atoms with Crippen molar-refractivity contribution in [2.75, 3.05) is 58.3 Å². The van der Waals surface area contributed by atoms with Gasteiger partial charge in [0.05, 0.1) is 12.8 Å². The average Bonchev–Trinajstić information content (AvgIpc) is 3.18. The van der Waals surface area contributed by atoms with Crippen molar-refractivity contribution in [3.05, 3.63) is 12.1 Å². The van der Waals surface area contributed by atoms with Crippen molar-refractivity contribution in [2.24, 2.45) is 0 Å². The maximum Gasteiger partial charge on any atom is 0.262 e. The van der Waals surface area contributed by atoms with Crippen LogP contribution in [0, 0.1) is 0 Å². The third-order valence-corrected chi connectivity index (χ3v) is 7.20. The lowest BCUT2D eigenvalue weighted by Gasteiger charge is -2.32. The van der Waals surface area contributed by atoms with Crippen molar-refractivity contribution in [1.82, 2.24) is 14.5 Å². The van der Waals surface area contributed by atoms with E-state index in [0.29, 0.717) is 24.5 Å². The van der Waals surface area contributed by atoms with E-state index in [2.05, 4.69) is 15.5 Å². The molecule has 1 atom stereocenters. The molecule has 0 radical (unpaired) electrons. The quantitative estimate of drug-likeness (QED) is 0.696. The van der Waals surface area contributed by atoms with Gasteiger partial charge in [-0.1, -0.05) is 0 Å². The summed E-state index contributed by atoms with van der Waals surface area (Å²) in [6, 6.07) is 3.19. The lowest BCUT2D eigenvalue weighted by molar-refractivity contribution is -0.118. The fraction of sp³-hybridized carbons (Fsp3) is 0.588. The number of hydrogen-bond acceptors (Lipinski definition) is 7. The van der Waals surface area contributed by atoms with E-state index < -0.39 is 10.0 Å². The second-order valence-corrected chi connectivity index (χ2v) is 8.83. The van der Waals surface area contributed by atoms with E-state index in [0.717, 1.165) is 32.6 Å². The summed E-state index contributed by atoms with van der Waals surface area (Å²) in [5.41, 5.74) is 0.419. The lowest BCUT2D eigenvalue weighted by Crippen LogP contribution is -2.49. The Bertz CT molecular complexity index is 844. The van der Waals surface area contributed by atoms with Crippen molar-refractivity contribution in [1.29, 1.82) is 0 Å². The summed E-state index contributed by atoms with van der Waals surface area (Å²) in [7, 11) is -2.31. The second-order valence-electron chi connectivity index (χ2n) is 6.93. The first-order valence-electron chi connectivity index (χ1n) is 9.08. The van der Waals surface area contributed by atoms with Crippen LogP contribution in [0.1, 0.15) is 6.42 Å². The molecule has 3 aliphatic rings. The first kappa shape index (κ1) is 21.1. The minimum atomic E-state index is -3.73. The number of fused-ring (bicyclic) bond motifs is 1. The predicted octanol–water partition coefficient (Wildman–Crippen LogP) is 0.116. The first-order valence-corrected chi connectivity index (χ1v) is 10.5. The average molecular weight is 433 g/mol. The first-order chi connectivity index (χ1) is 13.0. The third kappa shape index (κ3) is 3.92. The molecule has 11 heteroatoms. The minimum absolute atomic E-state index is 0. The highest BCUT2D eigenvalue weighted by Crippen LogP contribution is 2.39. The number of anilines is 1. The molecule has 0 spiro atoms. The number of amides is 1. The summed E-state index contributed by atoms with van der Waals surface area (Å²) in [6.45, 7) is 4.57. The molecule has 9 nitrogen and oxygen atoms in total. The molecular formula is C17H25ClN4O5S. The van der Waals surface area contributed by atoms with Gasteiger partial charge in [0, 0.05) is 57.4 Å². The van der Waals surface area contributed by atoms with Gasteiger partial charge in [-0.05, 0) is 6.42 Å². The van der Waals surface area contributed by atoms with Gasteiger partial charge in [-0.15, -0.1) is 12.4 Å². The molecule has 0 aliphatic carbocycles. The number of piperazine rings is 1. The van der Waals surface area contributed by atoms with Gasteiger partial charge in [0.2, 0.25) is 10.0 Å². The van der Waals surface area contributed by atoms with E-state index in [4.69, 9.17) is 9.47 Å². The molecule has 2 saturated heterocycles. The normalized spacial score (nSPS) is 23.3. The summed E-state index contributed by atoms with van der Waals surface area (Å²) in [5.74, 6) is 0.260.